The van der Waals surface area contributed by atoms with Crippen LogP contribution in [0.4, 0.5) is 0 Å². The molecule has 2 N–H and O–H groups in total. The molecule has 0 aromatic heterocycles. The minimum Gasteiger partial charge on any atom is -0.209 e. The van der Waals surface area contributed by atoms with Gasteiger partial charge in [0.05, 0.1) is 4.90 Å². The van der Waals surface area contributed by atoms with Crippen molar-refractivity contribution >= 4 is 26.1 Å². The Morgan fingerprint density at radius 2 is 1.65 bits per heavy atom. The smallest absolute Gasteiger partial charge is 0.209 e. The summed E-state index contributed by atoms with van der Waals surface area (Å²) >= 11 is 0. The van der Waals surface area contributed by atoms with Crippen LogP contribution < -0.4 is 9.44 Å². The van der Waals surface area contributed by atoms with E-state index in [1.807, 2.05) is 18.2 Å². The molecule has 0 bridgehead atoms. The number of benzene rings is 2. The molecule has 0 aliphatic heterocycles. The molecule has 0 aliphatic carbocycles. The van der Waals surface area contributed by atoms with Gasteiger partial charge in [0.1, 0.15) is 0 Å². The zero-order valence-electron chi connectivity index (χ0n) is 14.6. The molecule has 8 heteroatoms. The van der Waals surface area contributed by atoms with Gasteiger partial charge in [-0.15, -0.1) is 0 Å². The Balaban J connectivity index is 2.07. The average Bonchev–Trinajstić information content (AvgIpc) is 2.59. The van der Waals surface area contributed by atoms with Gasteiger partial charge in [-0.25, -0.2) is 26.3 Å². The van der Waals surface area contributed by atoms with Crippen LogP contribution in [0.2, 0.25) is 0 Å². The van der Waals surface area contributed by atoms with Crippen LogP contribution in [0.15, 0.2) is 64.9 Å². The first-order valence-electron chi connectivity index (χ1n) is 8.02. The summed E-state index contributed by atoms with van der Waals surface area (Å²) < 4.78 is 53.5. The van der Waals surface area contributed by atoms with Crippen molar-refractivity contribution in [1.29, 1.82) is 0 Å². The van der Waals surface area contributed by atoms with Crippen LogP contribution in [0.25, 0.3) is 6.08 Å². The Hall–Kier alpha value is -2.00. The summed E-state index contributed by atoms with van der Waals surface area (Å²) in [6, 6.07) is 15.0. The monoisotopic (exact) mass is 394 g/mol. The van der Waals surface area contributed by atoms with Crippen LogP contribution in [-0.2, 0) is 26.6 Å². The van der Waals surface area contributed by atoms with E-state index in [4.69, 9.17) is 0 Å². The fraction of sp³-hybridized carbons (Fsp3) is 0.222. The normalized spacial score (nSPS) is 12.7. The van der Waals surface area contributed by atoms with Gasteiger partial charge in [-0.05, 0) is 43.2 Å². The van der Waals surface area contributed by atoms with E-state index in [0.717, 1.165) is 11.0 Å². The van der Waals surface area contributed by atoms with Crippen molar-refractivity contribution in [1.82, 2.24) is 9.44 Å². The van der Waals surface area contributed by atoms with Crippen molar-refractivity contribution in [3.8, 4) is 0 Å². The standard InChI is InChI=1S/C18H22N2O4S2/c1-15(2)20-26(23,24)18-10-6-9-17(13-18)14-19-25(21,22)12-11-16-7-4-3-5-8-16/h3-13,15,19-20H,14H2,1-2H3/b12-11+. The highest BCUT2D eigenvalue weighted by atomic mass is 32.2. The Bertz CT molecular complexity index is 967. The van der Waals surface area contributed by atoms with Gasteiger partial charge in [0, 0.05) is 18.0 Å². The Labute approximate surface area is 155 Å². The van der Waals surface area contributed by atoms with Crippen LogP contribution in [0, 0.1) is 0 Å². The van der Waals surface area contributed by atoms with Crippen molar-refractivity contribution in [3.05, 3.63) is 71.1 Å². The lowest BCUT2D eigenvalue weighted by Gasteiger charge is -2.11. The molecule has 2 aromatic carbocycles. The number of rotatable bonds is 8. The topological polar surface area (TPSA) is 92.3 Å². The number of sulfonamides is 2. The second kappa shape index (κ2) is 8.59. The molecule has 0 amide bonds. The van der Waals surface area contributed by atoms with Gasteiger partial charge in [0.2, 0.25) is 20.0 Å². The predicted molar refractivity (Wildman–Crippen MR) is 103 cm³/mol. The quantitative estimate of drug-likeness (QED) is 0.719. The number of nitrogens with one attached hydrogen (secondary N) is 2. The van der Waals surface area contributed by atoms with Crippen molar-refractivity contribution in [2.24, 2.45) is 0 Å². The third-order valence-corrected chi connectivity index (χ3v) is 6.01. The molecule has 2 aromatic rings. The lowest BCUT2D eigenvalue weighted by atomic mass is 10.2. The molecule has 0 saturated heterocycles. The van der Waals surface area contributed by atoms with Gasteiger partial charge >= 0.3 is 0 Å². The molecule has 0 unspecified atom stereocenters. The number of hydrogen-bond donors (Lipinski definition) is 2. The summed E-state index contributed by atoms with van der Waals surface area (Å²) in [4.78, 5) is 0.0997. The highest BCUT2D eigenvalue weighted by Gasteiger charge is 2.15. The average molecular weight is 395 g/mol. The Kier molecular flexibility index (Phi) is 6.71. The van der Waals surface area contributed by atoms with Gasteiger partial charge in [-0.2, -0.15) is 0 Å². The van der Waals surface area contributed by atoms with Crippen molar-refractivity contribution in [2.75, 3.05) is 0 Å². The highest BCUT2D eigenvalue weighted by Crippen LogP contribution is 2.12. The molecule has 0 spiro atoms. The molecule has 6 nitrogen and oxygen atoms in total. The summed E-state index contributed by atoms with van der Waals surface area (Å²) in [5.74, 6) is 0. The maximum absolute atomic E-state index is 12.2. The van der Waals surface area contributed by atoms with Crippen LogP contribution in [0.3, 0.4) is 0 Å². The van der Waals surface area contributed by atoms with Gasteiger partial charge < -0.3 is 0 Å². The molecule has 26 heavy (non-hydrogen) atoms. The van der Waals surface area contributed by atoms with Crippen LogP contribution in [0.5, 0.6) is 0 Å². The summed E-state index contributed by atoms with van der Waals surface area (Å²) in [7, 11) is -7.26. The number of hydrogen-bond acceptors (Lipinski definition) is 4. The molecule has 0 heterocycles. The van der Waals surface area contributed by atoms with E-state index in [1.54, 1.807) is 38.1 Å². The molecule has 0 aliphatic rings. The molecule has 0 saturated carbocycles. The van der Waals surface area contributed by atoms with Crippen molar-refractivity contribution < 1.29 is 16.8 Å². The lowest BCUT2D eigenvalue weighted by Crippen LogP contribution is -2.30. The molecular formula is C18H22N2O4S2. The fourth-order valence-electron chi connectivity index (χ4n) is 2.17. The highest BCUT2D eigenvalue weighted by molar-refractivity contribution is 7.92. The molecule has 0 atom stereocenters. The van der Waals surface area contributed by atoms with E-state index >= 15 is 0 Å². The maximum atomic E-state index is 12.2. The zero-order chi connectivity index (χ0) is 19.2. The Morgan fingerprint density at radius 3 is 2.31 bits per heavy atom. The Morgan fingerprint density at radius 1 is 0.962 bits per heavy atom. The van der Waals surface area contributed by atoms with E-state index in [0.29, 0.717) is 5.56 Å². The van der Waals surface area contributed by atoms with E-state index < -0.39 is 20.0 Å². The summed E-state index contributed by atoms with van der Waals surface area (Å²) in [5.41, 5.74) is 1.32. The van der Waals surface area contributed by atoms with E-state index in [1.165, 1.54) is 18.2 Å². The third kappa shape index (κ3) is 6.38. The summed E-state index contributed by atoms with van der Waals surface area (Å²) in [5, 5.41) is 1.09. The van der Waals surface area contributed by atoms with Crippen LogP contribution in [-0.4, -0.2) is 22.9 Å². The largest absolute Gasteiger partial charge is 0.240 e. The van der Waals surface area contributed by atoms with Crippen molar-refractivity contribution in [2.45, 2.75) is 31.3 Å². The summed E-state index contributed by atoms with van der Waals surface area (Å²) in [6.07, 6.45) is 1.50. The third-order valence-electron chi connectivity index (χ3n) is 3.32. The first-order valence-corrected chi connectivity index (χ1v) is 11.0. The van der Waals surface area contributed by atoms with Gasteiger partial charge in [0.25, 0.3) is 0 Å². The summed E-state index contributed by atoms with van der Waals surface area (Å²) in [6.45, 7) is 3.45. The maximum Gasteiger partial charge on any atom is 0.240 e. The molecule has 140 valence electrons. The van der Waals surface area contributed by atoms with Gasteiger partial charge in [-0.1, -0.05) is 42.5 Å². The van der Waals surface area contributed by atoms with E-state index in [2.05, 4.69) is 9.44 Å². The second-order valence-corrected chi connectivity index (χ2v) is 9.37. The van der Waals surface area contributed by atoms with Crippen LogP contribution in [0.1, 0.15) is 25.0 Å². The minimum atomic E-state index is -3.64. The zero-order valence-corrected chi connectivity index (χ0v) is 16.2. The van der Waals surface area contributed by atoms with E-state index in [-0.39, 0.29) is 17.5 Å². The fourth-order valence-corrected chi connectivity index (χ4v) is 4.29. The van der Waals surface area contributed by atoms with E-state index in [9.17, 15) is 16.8 Å². The first kappa shape index (κ1) is 20.3. The van der Waals surface area contributed by atoms with Crippen LogP contribution >= 0.6 is 0 Å². The van der Waals surface area contributed by atoms with Gasteiger partial charge in [0.15, 0.2) is 0 Å². The second-order valence-electron chi connectivity index (χ2n) is 6.00. The molecule has 0 fully saturated rings. The predicted octanol–water partition coefficient (Wildman–Crippen LogP) is 2.46. The first-order chi connectivity index (χ1) is 12.2. The molecule has 2 rings (SSSR count). The minimum absolute atomic E-state index is 0.00744. The van der Waals surface area contributed by atoms with Gasteiger partial charge in [-0.3, -0.25) is 0 Å². The molecule has 0 radical (unpaired) electrons. The SMILES string of the molecule is CC(C)NS(=O)(=O)c1cccc(CNS(=O)(=O)/C=C/c2ccccc2)c1. The molecular weight excluding hydrogens is 372 g/mol. The lowest BCUT2D eigenvalue weighted by molar-refractivity contribution is 0.569. The van der Waals surface area contributed by atoms with Crippen molar-refractivity contribution in [3.63, 3.8) is 0 Å².